The van der Waals surface area contributed by atoms with E-state index in [2.05, 4.69) is 0 Å². The Labute approximate surface area is 86.4 Å². The van der Waals surface area contributed by atoms with Gasteiger partial charge in [-0.05, 0) is 6.92 Å². The van der Waals surface area contributed by atoms with Crippen molar-refractivity contribution in [1.29, 1.82) is 0 Å². The van der Waals surface area contributed by atoms with Gasteiger partial charge in [0.2, 0.25) is 0 Å². The second-order valence-electron chi connectivity index (χ2n) is 2.96. The third-order valence-electron chi connectivity index (χ3n) is 1.86. The molecule has 0 saturated heterocycles. The van der Waals surface area contributed by atoms with Crippen LogP contribution in [0.3, 0.4) is 0 Å². The van der Waals surface area contributed by atoms with Crippen molar-refractivity contribution in [3.05, 3.63) is 18.2 Å². The molecule has 1 atom stereocenters. The van der Waals surface area contributed by atoms with E-state index in [0.29, 0.717) is 6.54 Å². The molecule has 13 heavy (non-hydrogen) atoms. The van der Waals surface area contributed by atoms with Crippen LogP contribution in [0.25, 0.3) is 0 Å². The number of imidazole rings is 1. The summed E-state index contributed by atoms with van der Waals surface area (Å²) in [4.78, 5) is 0. The van der Waals surface area contributed by atoms with Gasteiger partial charge in [-0.3, -0.25) is 0 Å². The maximum absolute atomic E-state index is 9.11. The topological polar surface area (TPSA) is 29.0 Å². The molecular weight excluding hydrogens is 188 g/mol. The quantitative estimate of drug-likeness (QED) is 0.540. The zero-order valence-electron chi connectivity index (χ0n) is 7.66. The second-order valence-corrected chi connectivity index (χ2v) is 2.96. The number of hydrogen-bond donors (Lipinski definition) is 1. The maximum Gasteiger partial charge on any atom is 0.253 e. The van der Waals surface area contributed by atoms with Gasteiger partial charge in [0.1, 0.15) is 18.9 Å². The molecule has 1 heterocycles. The number of rotatable bonds is 2. The zero-order chi connectivity index (χ0) is 8.43. The molecule has 0 aliphatic heterocycles. The van der Waals surface area contributed by atoms with Crippen LogP contribution in [-0.4, -0.2) is 15.8 Å². The molecule has 0 fully saturated rings. The van der Waals surface area contributed by atoms with Crippen LogP contribution in [0.15, 0.2) is 12.4 Å². The lowest BCUT2D eigenvalue weighted by atomic mass is 10.4. The van der Waals surface area contributed by atoms with E-state index in [1.54, 1.807) is 6.92 Å². The van der Waals surface area contributed by atoms with Gasteiger partial charge in [-0.2, -0.15) is 0 Å². The number of aromatic nitrogens is 2. The van der Waals surface area contributed by atoms with Gasteiger partial charge >= 0.3 is 0 Å². The first kappa shape index (κ1) is 15.0. The van der Waals surface area contributed by atoms with Crippen LogP contribution in [0.4, 0.5) is 0 Å². The fraction of sp³-hybridized carbons (Fsp3) is 0.667. The summed E-state index contributed by atoms with van der Waals surface area (Å²) in [6.45, 7) is 4.49. The van der Waals surface area contributed by atoms with Crippen LogP contribution in [0.1, 0.15) is 20.2 Å². The highest BCUT2D eigenvalue weighted by atomic mass is 35.5. The van der Waals surface area contributed by atoms with Crippen molar-refractivity contribution >= 4 is 0 Å². The lowest BCUT2D eigenvalue weighted by molar-refractivity contribution is -0.677. The average Bonchev–Trinajstić information content (AvgIpc) is 2.18. The van der Waals surface area contributed by atoms with E-state index < -0.39 is 0 Å². The van der Waals surface area contributed by atoms with E-state index >= 15 is 0 Å². The van der Waals surface area contributed by atoms with Gasteiger partial charge in [0.05, 0.1) is 13.2 Å². The van der Waals surface area contributed by atoms with Gasteiger partial charge in [-0.15, -0.1) is 0 Å². The Kier molecular flexibility index (Phi) is 6.90. The van der Waals surface area contributed by atoms with Crippen molar-refractivity contribution < 1.29 is 22.1 Å². The molecule has 0 aliphatic rings. The molecule has 1 aromatic rings. The van der Waals surface area contributed by atoms with Crippen molar-refractivity contribution in [1.82, 2.24) is 4.57 Å². The van der Waals surface area contributed by atoms with Gasteiger partial charge in [0.15, 0.2) is 0 Å². The Hall–Kier alpha value is -0.540. The average molecular weight is 207 g/mol. The Bertz CT molecular complexity index is 246. The number of aliphatic hydroxyl groups is 1. The first-order chi connectivity index (χ1) is 5.11. The van der Waals surface area contributed by atoms with Crippen LogP contribution in [-0.2, 0) is 13.6 Å². The molecule has 0 aliphatic carbocycles. The van der Waals surface area contributed by atoms with Crippen LogP contribution in [0.5, 0.6) is 0 Å². The fourth-order valence-corrected chi connectivity index (χ4v) is 1.08. The summed E-state index contributed by atoms with van der Waals surface area (Å²) >= 11 is 0. The molecule has 0 saturated carbocycles. The zero-order valence-corrected chi connectivity index (χ0v) is 8.41. The molecule has 1 rings (SSSR count). The van der Waals surface area contributed by atoms with Crippen molar-refractivity contribution in [3.63, 3.8) is 0 Å². The summed E-state index contributed by atoms with van der Waals surface area (Å²) < 4.78 is 4.06. The van der Waals surface area contributed by atoms with E-state index in [1.807, 2.05) is 35.5 Å². The summed E-state index contributed by atoms with van der Waals surface area (Å²) in [5, 5.41) is 9.11. The maximum atomic E-state index is 9.11. The molecule has 0 amide bonds. The molecule has 0 radical (unpaired) electrons. The summed E-state index contributed by atoms with van der Waals surface area (Å²) in [5.74, 6) is 1.16. The number of halogens is 1. The normalized spacial score (nSPS) is 11.4. The third-order valence-corrected chi connectivity index (χ3v) is 1.86. The van der Waals surface area contributed by atoms with Crippen LogP contribution in [0.2, 0.25) is 0 Å². The lowest BCUT2D eigenvalue weighted by Crippen LogP contribution is -3.00. The predicted octanol–water partition coefficient (Wildman–Crippen LogP) is -2.36. The van der Waals surface area contributed by atoms with Crippen LogP contribution < -0.4 is 17.0 Å². The molecule has 78 valence electrons. The Morgan fingerprint density at radius 3 is 2.46 bits per heavy atom. The van der Waals surface area contributed by atoms with E-state index in [9.17, 15) is 0 Å². The third kappa shape index (κ3) is 3.79. The van der Waals surface area contributed by atoms with Crippen molar-refractivity contribution in [2.75, 3.05) is 0 Å². The first-order valence-corrected chi connectivity index (χ1v) is 3.80. The lowest BCUT2D eigenvalue weighted by Gasteiger charge is -2.00. The van der Waals surface area contributed by atoms with E-state index in [4.69, 9.17) is 5.11 Å². The number of aliphatic hydroxyl groups excluding tert-OH is 1. The molecule has 0 spiro atoms. The Morgan fingerprint density at radius 1 is 1.62 bits per heavy atom. The number of hydrogen-bond acceptors (Lipinski definition) is 1. The smallest absolute Gasteiger partial charge is 0.253 e. The molecule has 1 aromatic heterocycles. The molecular formula is C9H19ClN2O. The minimum atomic E-state index is -0.277. The highest BCUT2D eigenvalue weighted by molar-refractivity contribution is 4.79. The van der Waals surface area contributed by atoms with Gasteiger partial charge < -0.3 is 17.5 Å². The Balaban J connectivity index is 0. The Morgan fingerprint density at radius 2 is 2.15 bits per heavy atom. The van der Waals surface area contributed by atoms with Gasteiger partial charge in [-0.25, -0.2) is 9.13 Å². The molecule has 1 N–H and O–H groups in total. The summed E-state index contributed by atoms with van der Waals surface area (Å²) in [6.07, 6.45) is 3.68. The van der Waals surface area contributed by atoms with E-state index in [0.717, 1.165) is 5.82 Å². The standard InChI is InChI=1S/C8H15N2O.CH4.ClH/c1-7(11)6-10-5-4-9(3)8(10)2;;/h4-5,7,11H,6H2,1-3H3;1H4;1H/q+1;;/p-1. The highest BCUT2D eigenvalue weighted by Gasteiger charge is 2.09. The SMILES string of the molecule is C.Cc1n(CC(C)O)cc[n+]1C.[Cl-]. The molecule has 0 bridgehead atoms. The summed E-state index contributed by atoms with van der Waals surface area (Å²) in [7, 11) is 1.99. The van der Waals surface area contributed by atoms with Gasteiger partial charge in [0.25, 0.3) is 5.82 Å². The molecule has 3 nitrogen and oxygen atoms in total. The minimum Gasteiger partial charge on any atom is -1.00 e. The molecule has 0 aromatic carbocycles. The second kappa shape index (κ2) is 6.00. The number of aryl methyl sites for hydroxylation is 1. The molecule has 4 heteroatoms. The van der Waals surface area contributed by atoms with Gasteiger partial charge in [0, 0.05) is 6.92 Å². The van der Waals surface area contributed by atoms with E-state index in [1.165, 1.54) is 0 Å². The van der Waals surface area contributed by atoms with Crippen LogP contribution >= 0.6 is 0 Å². The predicted molar refractivity (Wildman–Crippen MR) is 48.8 cm³/mol. The van der Waals surface area contributed by atoms with Gasteiger partial charge in [-0.1, -0.05) is 7.43 Å². The van der Waals surface area contributed by atoms with Crippen LogP contribution in [0, 0.1) is 6.92 Å². The monoisotopic (exact) mass is 206 g/mol. The summed E-state index contributed by atoms with van der Waals surface area (Å²) in [6, 6.07) is 0. The largest absolute Gasteiger partial charge is 1.00 e. The summed E-state index contributed by atoms with van der Waals surface area (Å²) in [5.41, 5.74) is 0. The van der Waals surface area contributed by atoms with Crippen molar-refractivity contribution in [3.8, 4) is 0 Å². The van der Waals surface area contributed by atoms with Crippen molar-refractivity contribution in [2.45, 2.75) is 33.9 Å². The first-order valence-electron chi connectivity index (χ1n) is 3.80. The van der Waals surface area contributed by atoms with E-state index in [-0.39, 0.29) is 25.9 Å². The minimum absolute atomic E-state index is 0. The fourth-order valence-electron chi connectivity index (χ4n) is 1.08. The van der Waals surface area contributed by atoms with Crippen molar-refractivity contribution in [2.24, 2.45) is 7.05 Å². The number of nitrogens with zero attached hydrogens (tertiary/aromatic N) is 2. The highest BCUT2D eigenvalue weighted by Crippen LogP contribution is 1.94. The molecule has 1 unspecified atom stereocenters.